The number of nitrogens with zero attached hydrogens (tertiary/aromatic N) is 2. The molecule has 0 aliphatic carbocycles. The fourth-order valence-electron chi connectivity index (χ4n) is 2.84. The monoisotopic (exact) mass is 474 g/mol. The molecule has 0 bridgehead atoms. The number of carbonyl (C=O) groups excluding carboxylic acids is 1. The van der Waals surface area contributed by atoms with Gasteiger partial charge in [-0.1, -0.05) is 6.07 Å². The van der Waals surface area contributed by atoms with Gasteiger partial charge >= 0.3 is 0 Å². The minimum absolute atomic E-state index is 0.114. The van der Waals surface area contributed by atoms with E-state index in [1.165, 1.54) is 14.2 Å². The number of carbonyl (C=O) groups is 1. The number of sulfonamides is 1. The highest BCUT2D eigenvalue weighted by Crippen LogP contribution is 2.25. The van der Waals surface area contributed by atoms with E-state index in [2.05, 4.69) is 20.0 Å². The fraction of sp³-hybridized carbons (Fsp3) is 0.318. The predicted octanol–water partition coefficient (Wildman–Crippen LogP) is 3.14. The van der Waals surface area contributed by atoms with Gasteiger partial charge in [0.05, 0.1) is 26.0 Å². The van der Waals surface area contributed by atoms with Crippen LogP contribution < -0.4 is 19.5 Å². The van der Waals surface area contributed by atoms with Crippen molar-refractivity contribution < 1.29 is 27.1 Å². The highest BCUT2D eigenvalue weighted by atomic mass is 32.2. The summed E-state index contributed by atoms with van der Waals surface area (Å²) in [5.41, 5.74) is 1.79. The minimum atomic E-state index is -3.48. The van der Waals surface area contributed by atoms with Crippen LogP contribution in [0.15, 0.2) is 40.8 Å². The van der Waals surface area contributed by atoms with E-state index in [0.717, 1.165) is 0 Å². The molecule has 0 fully saturated rings. The topological polar surface area (TPSA) is 133 Å². The first-order chi connectivity index (χ1) is 15.6. The number of oxazole rings is 1. The molecule has 0 saturated carbocycles. The Labute approximate surface area is 192 Å². The molecule has 0 aliphatic rings. The summed E-state index contributed by atoms with van der Waals surface area (Å²) in [5.74, 6) is 0.920. The third kappa shape index (κ3) is 5.61. The van der Waals surface area contributed by atoms with E-state index in [9.17, 15) is 13.2 Å². The van der Waals surface area contributed by atoms with Gasteiger partial charge in [0, 0.05) is 17.3 Å². The van der Waals surface area contributed by atoms with Crippen molar-refractivity contribution in [3.63, 3.8) is 0 Å². The predicted molar refractivity (Wildman–Crippen MR) is 123 cm³/mol. The Morgan fingerprint density at radius 1 is 1.12 bits per heavy atom. The zero-order chi connectivity index (χ0) is 24.2. The van der Waals surface area contributed by atoms with Crippen LogP contribution >= 0.6 is 0 Å². The SMILES string of the molecule is COc1ccc(C(=O)NCc2nc(-c3cccc(NS(=O)(=O)C(C)C)c3)oc2C)c(OC)n1. The Hall–Kier alpha value is -3.60. The Morgan fingerprint density at radius 3 is 2.55 bits per heavy atom. The van der Waals surface area contributed by atoms with E-state index >= 15 is 0 Å². The van der Waals surface area contributed by atoms with Crippen molar-refractivity contribution in [1.29, 1.82) is 0 Å². The molecule has 11 heteroatoms. The van der Waals surface area contributed by atoms with Gasteiger partial charge in [-0.25, -0.2) is 13.4 Å². The van der Waals surface area contributed by atoms with Crippen molar-refractivity contribution in [2.45, 2.75) is 32.6 Å². The standard InChI is InChI=1S/C22H26N4O6S/c1-13(2)33(28,29)26-16-8-6-7-15(11-16)21-24-18(14(3)32-21)12-23-20(27)17-9-10-19(30-4)25-22(17)31-5/h6-11,13,26H,12H2,1-5H3,(H,23,27). The van der Waals surface area contributed by atoms with Crippen LogP contribution in [0.25, 0.3) is 11.5 Å². The van der Waals surface area contributed by atoms with Gasteiger partial charge in [-0.15, -0.1) is 0 Å². The molecule has 10 nitrogen and oxygen atoms in total. The maximum Gasteiger partial charge on any atom is 0.257 e. The molecule has 3 rings (SSSR count). The van der Waals surface area contributed by atoms with Crippen LogP contribution in [0.2, 0.25) is 0 Å². The zero-order valence-electron chi connectivity index (χ0n) is 19.0. The van der Waals surface area contributed by atoms with Crippen LogP contribution in [0.3, 0.4) is 0 Å². The summed E-state index contributed by atoms with van der Waals surface area (Å²) < 4.78 is 42.8. The first-order valence-corrected chi connectivity index (χ1v) is 11.6. The molecule has 0 unspecified atom stereocenters. The summed E-state index contributed by atoms with van der Waals surface area (Å²) in [7, 11) is -0.587. The summed E-state index contributed by atoms with van der Waals surface area (Å²) in [5, 5.41) is 2.20. The average Bonchev–Trinajstić information content (AvgIpc) is 3.17. The smallest absolute Gasteiger partial charge is 0.257 e. The molecule has 1 aromatic carbocycles. The van der Waals surface area contributed by atoms with Crippen molar-refractivity contribution in [3.8, 4) is 23.2 Å². The van der Waals surface area contributed by atoms with E-state index in [1.807, 2.05) is 0 Å². The number of amides is 1. The van der Waals surface area contributed by atoms with Gasteiger partial charge in [0.25, 0.3) is 5.91 Å². The lowest BCUT2D eigenvalue weighted by atomic mass is 10.2. The number of aryl methyl sites for hydroxylation is 1. The number of benzene rings is 1. The van der Waals surface area contributed by atoms with Gasteiger partial charge in [-0.2, -0.15) is 4.98 Å². The quantitative estimate of drug-likeness (QED) is 0.483. The lowest BCUT2D eigenvalue weighted by Gasteiger charge is -2.11. The second-order valence-electron chi connectivity index (χ2n) is 7.39. The van der Waals surface area contributed by atoms with E-state index in [-0.39, 0.29) is 18.0 Å². The van der Waals surface area contributed by atoms with Crippen molar-refractivity contribution in [3.05, 3.63) is 53.4 Å². The first kappa shape index (κ1) is 24.1. The lowest BCUT2D eigenvalue weighted by molar-refractivity contribution is 0.0946. The van der Waals surface area contributed by atoms with E-state index < -0.39 is 21.2 Å². The molecule has 2 N–H and O–H groups in total. The van der Waals surface area contributed by atoms with Crippen LogP contribution in [0.5, 0.6) is 11.8 Å². The van der Waals surface area contributed by atoms with Gasteiger partial charge in [0.1, 0.15) is 17.0 Å². The maximum atomic E-state index is 12.6. The van der Waals surface area contributed by atoms with Gasteiger partial charge < -0.3 is 19.2 Å². The molecule has 0 saturated heterocycles. The third-order valence-corrected chi connectivity index (χ3v) is 6.54. The molecule has 0 spiro atoms. The molecular formula is C22H26N4O6S. The lowest BCUT2D eigenvalue weighted by Crippen LogP contribution is -2.24. The van der Waals surface area contributed by atoms with Gasteiger partial charge in [-0.05, 0) is 45.0 Å². The highest BCUT2D eigenvalue weighted by Gasteiger charge is 2.19. The van der Waals surface area contributed by atoms with Crippen LogP contribution in [-0.4, -0.2) is 43.8 Å². The molecule has 33 heavy (non-hydrogen) atoms. The number of nitrogens with one attached hydrogen (secondary N) is 2. The fourth-order valence-corrected chi connectivity index (χ4v) is 3.53. The van der Waals surface area contributed by atoms with Crippen molar-refractivity contribution in [2.24, 2.45) is 0 Å². The Balaban J connectivity index is 1.75. The summed E-state index contributed by atoms with van der Waals surface area (Å²) in [6, 6.07) is 9.88. The molecule has 176 valence electrons. The van der Waals surface area contributed by atoms with E-state index in [1.54, 1.807) is 57.2 Å². The van der Waals surface area contributed by atoms with Crippen molar-refractivity contribution in [2.75, 3.05) is 18.9 Å². The van der Waals surface area contributed by atoms with Gasteiger partial charge in [0.2, 0.25) is 27.7 Å². The van der Waals surface area contributed by atoms with E-state index in [0.29, 0.717) is 34.5 Å². The number of methoxy groups -OCH3 is 2. The molecule has 1 amide bonds. The molecule has 3 aromatic rings. The second-order valence-corrected chi connectivity index (χ2v) is 9.63. The number of aromatic nitrogens is 2. The van der Waals surface area contributed by atoms with Crippen molar-refractivity contribution in [1.82, 2.24) is 15.3 Å². The number of rotatable bonds is 9. The number of anilines is 1. The Bertz CT molecular complexity index is 1250. The molecule has 0 atom stereocenters. The van der Waals surface area contributed by atoms with Gasteiger partial charge in [-0.3, -0.25) is 9.52 Å². The minimum Gasteiger partial charge on any atom is -0.481 e. The molecule has 2 heterocycles. The van der Waals surface area contributed by atoms with Gasteiger partial charge in [0.15, 0.2) is 0 Å². The number of pyridine rings is 1. The Kier molecular flexibility index (Phi) is 7.22. The molecule has 0 aliphatic heterocycles. The molecule has 0 radical (unpaired) electrons. The highest BCUT2D eigenvalue weighted by molar-refractivity contribution is 7.93. The first-order valence-electron chi connectivity index (χ1n) is 10.1. The second kappa shape index (κ2) is 9.90. The summed E-state index contributed by atoms with van der Waals surface area (Å²) in [6.07, 6.45) is 0. The number of hydrogen-bond acceptors (Lipinski definition) is 8. The summed E-state index contributed by atoms with van der Waals surface area (Å²) in [6.45, 7) is 5.05. The van der Waals surface area contributed by atoms with Crippen LogP contribution in [0.4, 0.5) is 5.69 Å². The number of hydrogen-bond donors (Lipinski definition) is 2. The molecule has 2 aromatic heterocycles. The third-order valence-electron chi connectivity index (χ3n) is 4.78. The van der Waals surface area contributed by atoms with Crippen LogP contribution in [0, 0.1) is 6.92 Å². The van der Waals surface area contributed by atoms with E-state index in [4.69, 9.17) is 13.9 Å². The average molecular weight is 475 g/mol. The van der Waals surface area contributed by atoms with Crippen LogP contribution in [0.1, 0.15) is 35.7 Å². The van der Waals surface area contributed by atoms with Crippen LogP contribution in [-0.2, 0) is 16.6 Å². The summed E-state index contributed by atoms with van der Waals surface area (Å²) >= 11 is 0. The number of ether oxygens (including phenoxy) is 2. The normalized spacial score (nSPS) is 11.3. The zero-order valence-corrected chi connectivity index (χ0v) is 19.8. The molecular weight excluding hydrogens is 448 g/mol. The Morgan fingerprint density at radius 2 is 1.88 bits per heavy atom. The summed E-state index contributed by atoms with van der Waals surface area (Å²) in [4.78, 5) is 21.2. The maximum absolute atomic E-state index is 12.6. The largest absolute Gasteiger partial charge is 0.481 e. The van der Waals surface area contributed by atoms with Crippen molar-refractivity contribution >= 4 is 21.6 Å².